The van der Waals surface area contributed by atoms with Gasteiger partial charge < -0.3 is 30.2 Å². The molecule has 0 radical (unpaired) electrons. The van der Waals surface area contributed by atoms with Crippen LogP contribution >= 0.6 is 0 Å². The van der Waals surface area contributed by atoms with Crippen molar-refractivity contribution in [2.75, 3.05) is 24.5 Å². The third-order valence-corrected chi connectivity index (χ3v) is 3.66. The average Bonchev–Trinajstić information content (AvgIpc) is 3.07. The summed E-state index contributed by atoms with van der Waals surface area (Å²) < 4.78 is 15.7. The molecule has 3 amide bonds. The number of carbonyl (C=O) groups is 2. The molecule has 1 aliphatic rings. The van der Waals surface area contributed by atoms with Crippen LogP contribution in [-0.4, -0.2) is 25.8 Å². The summed E-state index contributed by atoms with van der Waals surface area (Å²) in [4.78, 5) is 23.4. The second-order valence-corrected chi connectivity index (χ2v) is 5.59. The second kappa shape index (κ2) is 7.64. The van der Waals surface area contributed by atoms with Crippen LogP contribution in [0.25, 0.3) is 0 Å². The Balaban J connectivity index is 1.60. The van der Waals surface area contributed by atoms with E-state index in [1.807, 2.05) is 12.1 Å². The summed E-state index contributed by atoms with van der Waals surface area (Å²) in [6.45, 7) is 1.94. The van der Waals surface area contributed by atoms with E-state index in [0.717, 1.165) is 5.56 Å². The van der Waals surface area contributed by atoms with Gasteiger partial charge in [0.2, 0.25) is 12.7 Å². The molecule has 8 heteroatoms. The van der Waals surface area contributed by atoms with E-state index in [1.165, 1.54) is 14.0 Å². The standard InChI is InChI=1S/C18H19N3O5/c1-11(22)20-14-8-13(4-6-15(14)24-2)21-18(23)19-9-12-3-5-16-17(7-12)26-10-25-16/h3-8H,9-10H2,1-2H3,(H,20,22)(H2,19,21,23). The van der Waals surface area contributed by atoms with Crippen LogP contribution in [0.5, 0.6) is 17.2 Å². The number of benzene rings is 2. The van der Waals surface area contributed by atoms with Crippen molar-refractivity contribution in [3.63, 3.8) is 0 Å². The normalized spacial score (nSPS) is 11.6. The van der Waals surface area contributed by atoms with Crippen LogP contribution in [0.15, 0.2) is 36.4 Å². The number of fused-ring (bicyclic) bond motifs is 1. The molecule has 8 nitrogen and oxygen atoms in total. The Kier molecular flexibility index (Phi) is 5.12. The third kappa shape index (κ3) is 4.15. The molecular weight excluding hydrogens is 338 g/mol. The van der Waals surface area contributed by atoms with Crippen molar-refractivity contribution in [3.05, 3.63) is 42.0 Å². The van der Waals surface area contributed by atoms with E-state index in [9.17, 15) is 9.59 Å². The van der Waals surface area contributed by atoms with Gasteiger partial charge in [-0.05, 0) is 35.9 Å². The maximum Gasteiger partial charge on any atom is 0.319 e. The first kappa shape index (κ1) is 17.4. The molecule has 0 fully saturated rings. The molecule has 0 aromatic heterocycles. The van der Waals surface area contributed by atoms with Gasteiger partial charge in [-0.1, -0.05) is 6.07 Å². The van der Waals surface area contributed by atoms with Gasteiger partial charge in [0.1, 0.15) is 5.75 Å². The molecule has 0 bridgehead atoms. The van der Waals surface area contributed by atoms with E-state index < -0.39 is 0 Å². The van der Waals surface area contributed by atoms with E-state index in [1.54, 1.807) is 24.3 Å². The highest BCUT2D eigenvalue weighted by atomic mass is 16.7. The average molecular weight is 357 g/mol. The van der Waals surface area contributed by atoms with Gasteiger partial charge in [0.05, 0.1) is 12.8 Å². The summed E-state index contributed by atoms with van der Waals surface area (Å²) in [7, 11) is 1.51. The Bertz CT molecular complexity index is 838. The fraction of sp³-hybridized carbons (Fsp3) is 0.222. The summed E-state index contributed by atoms with van der Waals surface area (Å²) in [5, 5.41) is 8.14. The topological polar surface area (TPSA) is 97.9 Å². The van der Waals surface area contributed by atoms with Crippen molar-refractivity contribution in [3.8, 4) is 17.2 Å². The molecule has 0 atom stereocenters. The first-order valence-corrected chi connectivity index (χ1v) is 7.94. The zero-order chi connectivity index (χ0) is 18.5. The van der Waals surface area contributed by atoms with Gasteiger partial charge in [0.15, 0.2) is 11.5 Å². The van der Waals surface area contributed by atoms with Crippen LogP contribution in [0.2, 0.25) is 0 Å². The maximum absolute atomic E-state index is 12.1. The number of nitrogens with one attached hydrogen (secondary N) is 3. The van der Waals surface area contributed by atoms with Crippen molar-refractivity contribution >= 4 is 23.3 Å². The zero-order valence-corrected chi connectivity index (χ0v) is 14.4. The van der Waals surface area contributed by atoms with Crippen LogP contribution in [0.3, 0.4) is 0 Å². The number of carbonyl (C=O) groups excluding carboxylic acids is 2. The smallest absolute Gasteiger partial charge is 0.319 e. The number of hydrogen-bond donors (Lipinski definition) is 3. The van der Waals surface area contributed by atoms with Crippen LogP contribution in [0.1, 0.15) is 12.5 Å². The van der Waals surface area contributed by atoms with Gasteiger partial charge in [0, 0.05) is 19.2 Å². The van der Waals surface area contributed by atoms with E-state index in [2.05, 4.69) is 16.0 Å². The van der Waals surface area contributed by atoms with Crippen molar-refractivity contribution in [1.29, 1.82) is 0 Å². The Labute approximate surface area is 150 Å². The van der Waals surface area contributed by atoms with Crippen molar-refractivity contribution in [1.82, 2.24) is 5.32 Å². The molecule has 3 rings (SSSR count). The molecule has 0 unspecified atom stereocenters. The molecule has 2 aromatic carbocycles. The number of methoxy groups -OCH3 is 1. The number of amides is 3. The Morgan fingerprint density at radius 3 is 2.65 bits per heavy atom. The van der Waals surface area contributed by atoms with Crippen molar-refractivity contribution < 1.29 is 23.8 Å². The van der Waals surface area contributed by atoms with E-state index in [-0.39, 0.29) is 18.7 Å². The highest BCUT2D eigenvalue weighted by Gasteiger charge is 2.13. The Morgan fingerprint density at radius 2 is 1.88 bits per heavy atom. The van der Waals surface area contributed by atoms with E-state index >= 15 is 0 Å². The molecule has 0 saturated carbocycles. The summed E-state index contributed by atoms with van der Waals surface area (Å²) >= 11 is 0. The van der Waals surface area contributed by atoms with Crippen LogP contribution in [0.4, 0.5) is 16.2 Å². The van der Waals surface area contributed by atoms with Gasteiger partial charge in [-0.3, -0.25) is 4.79 Å². The van der Waals surface area contributed by atoms with Gasteiger partial charge in [-0.2, -0.15) is 0 Å². The SMILES string of the molecule is COc1ccc(NC(=O)NCc2ccc3c(c2)OCO3)cc1NC(C)=O. The molecule has 2 aromatic rings. The van der Waals surface area contributed by atoms with Gasteiger partial charge >= 0.3 is 6.03 Å². The lowest BCUT2D eigenvalue weighted by atomic mass is 10.2. The first-order valence-electron chi connectivity index (χ1n) is 7.94. The summed E-state index contributed by atoms with van der Waals surface area (Å²) in [5.74, 6) is 1.64. The zero-order valence-electron chi connectivity index (χ0n) is 14.4. The number of anilines is 2. The second-order valence-electron chi connectivity index (χ2n) is 5.59. The highest BCUT2D eigenvalue weighted by molar-refractivity contribution is 5.94. The quantitative estimate of drug-likeness (QED) is 0.764. The molecule has 26 heavy (non-hydrogen) atoms. The Morgan fingerprint density at radius 1 is 1.08 bits per heavy atom. The molecule has 3 N–H and O–H groups in total. The number of hydrogen-bond acceptors (Lipinski definition) is 5. The summed E-state index contributed by atoms with van der Waals surface area (Å²) in [6, 6.07) is 10.1. The fourth-order valence-electron chi connectivity index (χ4n) is 2.48. The van der Waals surface area contributed by atoms with E-state index in [0.29, 0.717) is 35.2 Å². The molecule has 1 heterocycles. The summed E-state index contributed by atoms with van der Waals surface area (Å²) in [5.41, 5.74) is 1.89. The predicted molar refractivity (Wildman–Crippen MR) is 95.7 cm³/mol. The molecule has 0 saturated heterocycles. The van der Waals surface area contributed by atoms with Crippen LogP contribution in [-0.2, 0) is 11.3 Å². The lowest BCUT2D eigenvalue weighted by Crippen LogP contribution is -2.28. The molecule has 0 spiro atoms. The van der Waals surface area contributed by atoms with Crippen molar-refractivity contribution in [2.24, 2.45) is 0 Å². The highest BCUT2D eigenvalue weighted by Crippen LogP contribution is 2.32. The minimum absolute atomic E-state index is 0.209. The van der Waals surface area contributed by atoms with Crippen LogP contribution in [0, 0.1) is 0 Å². The first-order chi connectivity index (χ1) is 12.5. The van der Waals surface area contributed by atoms with Crippen LogP contribution < -0.4 is 30.2 Å². The molecule has 1 aliphatic heterocycles. The Hall–Kier alpha value is -3.42. The minimum atomic E-state index is -0.374. The molecule has 136 valence electrons. The van der Waals surface area contributed by atoms with Crippen molar-refractivity contribution in [2.45, 2.75) is 13.5 Å². The molecular formula is C18H19N3O5. The van der Waals surface area contributed by atoms with E-state index in [4.69, 9.17) is 14.2 Å². The van der Waals surface area contributed by atoms with Gasteiger partial charge in [-0.25, -0.2) is 4.79 Å². The number of urea groups is 1. The van der Waals surface area contributed by atoms with Gasteiger partial charge in [-0.15, -0.1) is 0 Å². The monoisotopic (exact) mass is 357 g/mol. The predicted octanol–water partition coefficient (Wildman–Crippen LogP) is 2.70. The summed E-state index contributed by atoms with van der Waals surface area (Å²) in [6.07, 6.45) is 0. The van der Waals surface area contributed by atoms with Gasteiger partial charge in [0.25, 0.3) is 0 Å². The lowest BCUT2D eigenvalue weighted by Gasteiger charge is -2.12. The fourth-order valence-corrected chi connectivity index (χ4v) is 2.48. The lowest BCUT2D eigenvalue weighted by molar-refractivity contribution is -0.114. The maximum atomic E-state index is 12.1. The third-order valence-electron chi connectivity index (χ3n) is 3.66. The molecule has 0 aliphatic carbocycles. The minimum Gasteiger partial charge on any atom is -0.495 e. The number of rotatable bonds is 5. The number of ether oxygens (including phenoxy) is 3. The largest absolute Gasteiger partial charge is 0.495 e.